The van der Waals surface area contributed by atoms with Crippen LogP contribution in [0.15, 0.2) is 52.9 Å². The largest absolute Gasteiger partial charge is 0.389 e. The van der Waals surface area contributed by atoms with Gasteiger partial charge in [-0.15, -0.1) is 11.3 Å². The monoisotopic (exact) mass is 522 g/mol. The average molecular weight is 523 g/mol. The Balaban J connectivity index is 1.42. The zero-order valence-electron chi connectivity index (χ0n) is 18.7. The van der Waals surface area contributed by atoms with Crippen LogP contribution in [-0.4, -0.2) is 67.9 Å². The van der Waals surface area contributed by atoms with Crippen molar-refractivity contribution in [1.29, 1.82) is 0 Å². The number of aromatic nitrogens is 1. The van der Waals surface area contributed by atoms with E-state index in [1.807, 2.05) is 6.07 Å². The second kappa shape index (κ2) is 9.37. The van der Waals surface area contributed by atoms with Crippen LogP contribution in [0.25, 0.3) is 10.2 Å². The van der Waals surface area contributed by atoms with Gasteiger partial charge in [-0.3, -0.25) is 4.79 Å². The number of hydrogen-bond donors (Lipinski definition) is 1. The van der Waals surface area contributed by atoms with Crippen molar-refractivity contribution in [2.24, 2.45) is 0 Å². The summed E-state index contributed by atoms with van der Waals surface area (Å²) in [5, 5.41) is 10.6. The Morgan fingerprint density at radius 2 is 1.76 bits per heavy atom. The fourth-order valence-corrected chi connectivity index (χ4v) is 7.73. The van der Waals surface area contributed by atoms with Crippen molar-refractivity contribution in [3.8, 4) is 0 Å². The van der Waals surface area contributed by atoms with Gasteiger partial charge in [0.1, 0.15) is 0 Å². The highest BCUT2D eigenvalue weighted by atomic mass is 32.2. The second-order valence-electron chi connectivity index (χ2n) is 8.60. The van der Waals surface area contributed by atoms with Crippen molar-refractivity contribution in [3.05, 3.63) is 59.1 Å². The van der Waals surface area contributed by atoms with Crippen molar-refractivity contribution < 1.29 is 26.7 Å². The lowest BCUT2D eigenvalue weighted by molar-refractivity contribution is 0.000531. The number of thiazole rings is 1. The Morgan fingerprint density at radius 3 is 2.41 bits per heavy atom. The van der Waals surface area contributed by atoms with Crippen LogP contribution in [0.3, 0.4) is 0 Å². The van der Waals surface area contributed by atoms with Crippen molar-refractivity contribution in [3.63, 3.8) is 0 Å². The summed E-state index contributed by atoms with van der Waals surface area (Å²) in [6.45, 7) is 2.05. The number of hydrogen-bond acceptors (Lipinski definition) is 8. The van der Waals surface area contributed by atoms with Crippen LogP contribution >= 0.6 is 11.3 Å². The van der Waals surface area contributed by atoms with Gasteiger partial charge in [0.25, 0.3) is 5.91 Å². The minimum atomic E-state index is -3.62. The maximum absolute atomic E-state index is 13.0. The van der Waals surface area contributed by atoms with Gasteiger partial charge in [-0.1, -0.05) is 25.1 Å². The first kappa shape index (κ1) is 24.8. The Morgan fingerprint density at radius 1 is 1.09 bits per heavy atom. The van der Waals surface area contributed by atoms with Crippen LogP contribution in [0, 0.1) is 0 Å². The van der Waals surface area contributed by atoms with Gasteiger partial charge in [-0.25, -0.2) is 21.8 Å². The van der Waals surface area contributed by atoms with Gasteiger partial charge >= 0.3 is 0 Å². The number of fused-ring (bicyclic) bond motifs is 1. The summed E-state index contributed by atoms with van der Waals surface area (Å²) in [5.74, 6) is -0.766. The number of benzene rings is 2. The zero-order chi connectivity index (χ0) is 24.6. The predicted molar refractivity (Wildman–Crippen MR) is 131 cm³/mol. The van der Waals surface area contributed by atoms with E-state index in [1.165, 1.54) is 11.3 Å². The third-order valence-corrected chi connectivity index (χ3v) is 10.5. The first-order chi connectivity index (χ1) is 16.0. The molecule has 8 nitrogen and oxygen atoms in total. The number of amides is 1. The molecule has 0 radical (unpaired) electrons. The summed E-state index contributed by atoms with van der Waals surface area (Å²) in [4.78, 5) is 18.9. The molecule has 0 saturated carbocycles. The topological polar surface area (TPSA) is 122 Å². The number of sulfone groups is 2. The molecule has 0 spiro atoms. The summed E-state index contributed by atoms with van der Waals surface area (Å²) in [6.07, 6.45) is 0.382. The Kier molecular flexibility index (Phi) is 6.83. The molecule has 1 aromatic heterocycles. The molecule has 1 amide bonds. The Labute approximate surface area is 203 Å². The molecule has 3 aromatic rings. The van der Waals surface area contributed by atoms with E-state index in [0.29, 0.717) is 16.6 Å². The third kappa shape index (κ3) is 5.32. The lowest BCUT2D eigenvalue weighted by Gasteiger charge is -2.38. The second-order valence-corrected chi connectivity index (χ2v) is 13.8. The number of rotatable bonds is 7. The lowest BCUT2D eigenvalue weighted by Crippen LogP contribution is -2.50. The van der Waals surface area contributed by atoms with Gasteiger partial charge in [0.2, 0.25) is 0 Å². The molecule has 1 N–H and O–H groups in total. The first-order valence-corrected chi connectivity index (χ1v) is 15.2. The molecule has 1 saturated heterocycles. The van der Waals surface area contributed by atoms with E-state index in [0.717, 1.165) is 4.70 Å². The van der Waals surface area contributed by atoms with E-state index in [2.05, 4.69) is 4.98 Å². The van der Waals surface area contributed by atoms with E-state index in [4.69, 9.17) is 0 Å². The predicted octanol–water partition coefficient (Wildman–Crippen LogP) is 2.67. The van der Waals surface area contributed by atoms with Crippen LogP contribution in [0.5, 0.6) is 0 Å². The molecule has 0 bridgehead atoms. The summed E-state index contributed by atoms with van der Waals surface area (Å²) in [7, 11) is -6.94. The van der Waals surface area contributed by atoms with Gasteiger partial charge in [0.05, 0.1) is 37.7 Å². The quantitative estimate of drug-likeness (QED) is 0.506. The SMILES string of the molecule is CCS(=O)(=O)CC1(O)CCN(C(=O)c2ccc(CS(=O)(=O)c3cccc4scnc34)cc2)CC1. The summed E-state index contributed by atoms with van der Waals surface area (Å²) >= 11 is 1.38. The number of nitrogens with zero attached hydrogens (tertiary/aromatic N) is 2. The normalized spacial score (nSPS) is 16.6. The molecule has 0 atom stereocenters. The molecule has 0 unspecified atom stereocenters. The molecule has 4 rings (SSSR count). The number of piperidine rings is 1. The van der Waals surface area contributed by atoms with Crippen LogP contribution in [0.2, 0.25) is 0 Å². The number of para-hydroxylation sites is 1. The molecule has 1 aliphatic heterocycles. The zero-order valence-corrected chi connectivity index (χ0v) is 21.1. The maximum Gasteiger partial charge on any atom is 0.253 e. The first-order valence-electron chi connectivity index (χ1n) is 10.9. The molecule has 0 aliphatic carbocycles. The van der Waals surface area contributed by atoms with Gasteiger partial charge in [0, 0.05) is 24.4 Å². The highest BCUT2D eigenvalue weighted by Gasteiger charge is 2.37. The average Bonchev–Trinajstić information content (AvgIpc) is 3.28. The Bertz CT molecular complexity index is 1400. The maximum atomic E-state index is 13.0. The fraction of sp³-hybridized carbons (Fsp3) is 0.391. The standard InChI is InChI=1S/C23H26N2O6S3/c1-2-33(28,29)15-23(27)10-12-25(13-11-23)22(26)18-8-6-17(7-9-18)14-34(30,31)20-5-3-4-19-21(20)24-16-32-19/h3-9,16,27H,2,10-15H2,1H3. The van der Waals surface area contributed by atoms with Crippen molar-refractivity contribution in [2.45, 2.75) is 36.0 Å². The van der Waals surface area contributed by atoms with Crippen LogP contribution < -0.4 is 0 Å². The van der Waals surface area contributed by atoms with Crippen molar-refractivity contribution in [1.82, 2.24) is 9.88 Å². The summed E-state index contributed by atoms with van der Waals surface area (Å²) in [5.41, 5.74) is 1.74. The molecule has 2 aromatic carbocycles. The molecular weight excluding hydrogens is 496 g/mol. The third-order valence-electron chi connectivity index (χ3n) is 6.13. The van der Waals surface area contributed by atoms with Crippen LogP contribution in [-0.2, 0) is 25.4 Å². The molecule has 34 heavy (non-hydrogen) atoms. The lowest BCUT2D eigenvalue weighted by atomic mass is 9.93. The molecule has 2 heterocycles. The van der Waals surface area contributed by atoms with Gasteiger partial charge in [0.15, 0.2) is 19.7 Å². The van der Waals surface area contributed by atoms with E-state index >= 15 is 0 Å². The number of aliphatic hydroxyl groups is 1. The van der Waals surface area contributed by atoms with Crippen molar-refractivity contribution in [2.75, 3.05) is 24.6 Å². The highest BCUT2D eigenvalue weighted by molar-refractivity contribution is 7.91. The van der Waals surface area contributed by atoms with Crippen molar-refractivity contribution >= 4 is 47.1 Å². The minimum absolute atomic E-state index is 0.0288. The summed E-state index contributed by atoms with van der Waals surface area (Å²) in [6, 6.07) is 11.5. The van der Waals surface area contributed by atoms with Crippen LogP contribution in [0.1, 0.15) is 35.7 Å². The summed E-state index contributed by atoms with van der Waals surface area (Å²) < 4.78 is 50.6. The smallest absolute Gasteiger partial charge is 0.253 e. The fourth-order valence-electron chi connectivity index (χ4n) is 4.12. The van der Waals surface area contributed by atoms with Crippen LogP contribution in [0.4, 0.5) is 0 Å². The molecule has 1 fully saturated rings. The van der Waals surface area contributed by atoms with E-state index in [1.54, 1.807) is 53.7 Å². The minimum Gasteiger partial charge on any atom is -0.389 e. The molecule has 1 aliphatic rings. The Hall–Kier alpha value is -2.34. The van der Waals surface area contributed by atoms with Gasteiger partial charge in [-0.05, 0) is 42.7 Å². The molecule has 182 valence electrons. The number of likely N-dealkylation sites (tertiary alicyclic amines) is 1. The highest BCUT2D eigenvalue weighted by Crippen LogP contribution is 2.28. The molecule has 11 heteroatoms. The number of carbonyl (C=O) groups excluding carboxylic acids is 1. The number of carbonyl (C=O) groups is 1. The van der Waals surface area contributed by atoms with Gasteiger partial charge in [-0.2, -0.15) is 0 Å². The van der Waals surface area contributed by atoms with Gasteiger partial charge < -0.3 is 10.0 Å². The van der Waals surface area contributed by atoms with E-state index < -0.39 is 25.3 Å². The van der Waals surface area contributed by atoms with E-state index in [9.17, 15) is 26.7 Å². The van der Waals surface area contributed by atoms with E-state index in [-0.39, 0.29) is 54.0 Å². The molecular formula is C23H26N2O6S3.